The normalized spacial score (nSPS) is 25.4. The van der Waals surface area contributed by atoms with E-state index in [0.29, 0.717) is 6.54 Å². The number of nitrogens with two attached hydrogens (primary N) is 1. The molecule has 3 rings (SSSR count). The quantitative estimate of drug-likeness (QED) is 0.824. The van der Waals surface area contributed by atoms with Crippen LogP contribution in [0.4, 0.5) is 0 Å². The van der Waals surface area contributed by atoms with E-state index in [4.69, 9.17) is 5.73 Å². The summed E-state index contributed by atoms with van der Waals surface area (Å²) >= 11 is 0. The second kappa shape index (κ2) is 9.56. The monoisotopic (exact) mass is 393 g/mol. The molecule has 1 heterocycles. The van der Waals surface area contributed by atoms with Crippen molar-refractivity contribution in [2.45, 2.75) is 64.0 Å². The van der Waals surface area contributed by atoms with E-state index in [0.717, 1.165) is 62.7 Å². The molecule has 2 amide bonds. The smallest absolute Gasteiger partial charge is 0.253 e. The summed E-state index contributed by atoms with van der Waals surface area (Å²) in [6, 6.07) is 7.60. The van der Waals surface area contributed by atoms with Crippen molar-refractivity contribution >= 4 is 24.2 Å². The van der Waals surface area contributed by atoms with Gasteiger partial charge in [-0.15, -0.1) is 12.4 Å². The molecule has 0 spiro atoms. The third-order valence-corrected chi connectivity index (χ3v) is 5.88. The summed E-state index contributed by atoms with van der Waals surface area (Å²) in [6.07, 6.45) is 7.33. The zero-order valence-electron chi connectivity index (χ0n) is 16.2. The van der Waals surface area contributed by atoms with E-state index in [-0.39, 0.29) is 30.1 Å². The average molecular weight is 394 g/mol. The number of benzene rings is 1. The largest absolute Gasteiger partial charge is 0.352 e. The van der Waals surface area contributed by atoms with Crippen LogP contribution in [0.2, 0.25) is 0 Å². The molecule has 2 fully saturated rings. The molecule has 0 aromatic heterocycles. The van der Waals surface area contributed by atoms with Gasteiger partial charge in [0.15, 0.2) is 0 Å². The van der Waals surface area contributed by atoms with E-state index in [1.807, 2.05) is 36.1 Å². The molecule has 1 aliphatic carbocycles. The van der Waals surface area contributed by atoms with Crippen molar-refractivity contribution in [3.8, 4) is 0 Å². The molecule has 2 unspecified atom stereocenters. The Kier molecular flexibility index (Phi) is 7.68. The number of nitrogens with zero attached hydrogens (tertiary/aromatic N) is 1. The number of likely N-dealkylation sites (tertiary alicyclic amines) is 1. The van der Waals surface area contributed by atoms with E-state index >= 15 is 0 Å². The van der Waals surface area contributed by atoms with Gasteiger partial charge in [-0.3, -0.25) is 9.59 Å². The van der Waals surface area contributed by atoms with Crippen molar-refractivity contribution in [3.05, 3.63) is 35.4 Å². The summed E-state index contributed by atoms with van der Waals surface area (Å²) in [4.78, 5) is 27.0. The number of rotatable bonds is 4. The summed E-state index contributed by atoms with van der Waals surface area (Å²) in [5.74, 6) is 0.0424. The van der Waals surface area contributed by atoms with Gasteiger partial charge in [0.1, 0.15) is 0 Å². The Balaban J connectivity index is 0.00000261. The van der Waals surface area contributed by atoms with Crippen molar-refractivity contribution in [2.75, 3.05) is 13.1 Å². The lowest BCUT2D eigenvalue weighted by atomic mass is 9.74. The molecule has 1 saturated carbocycles. The highest BCUT2D eigenvalue weighted by Gasteiger charge is 2.37. The molecule has 0 bridgehead atoms. The Hall–Kier alpha value is -1.59. The van der Waals surface area contributed by atoms with Crippen molar-refractivity contribution < 1.29 is 9.59 Å². The average Bonchev–Trinajstić information content (AvgIpc) is 2.66. The Morgan fingerprint density at radius 1 is 1.11 bits per heavy atom. The third kappa shape index (κ3) is 5.45. The van der Waals surface area contributed by atoms with Crippen LogP contribution >= 0.6 is 12.4 Å². The fraction of sp³-hybridized carbons (Fsp3) is 0.619. The topological polar surface area (TPSA) is 75.4 Å². The van der Waals surface area contributed by atoms with Gasteiger partial charge in [0, 0.05) is 30.7 Å². The summed E-state index contributed by atoms with van der Waals surface area (Å²) < 4.78 is 0. The van der Waals surface area contributed by atoms with Crippen LogP contribution in [0.3, 0.4) is 0 Å². The SMILES string of the molecule is CC1(N)CCCCC1C(=O)NCc1ccc(C(=O)N2CCCCC2)cc1.Cl. The van der Waals surface area contributed by atoms with Crippen LogP contribution in [0, 0.1) is 5.92 Å². The first-order valence-electron chi connectivity index (χ1n) is 9.92. The number of carbonyl (C=O) groups excluding carboxylic acids is 2. The third-order valence-electron chi connectivity index (χ3n) is 5.88. The van der Waals surface area contributed by atoms with E-state index in [2.05, 4.69) is 5.32 Å². The fourth-order valence-electron chi connectivity index (χ4n) is 4.15. The lowest BCUT2D eigenvalue weighted by molar-refractivity contribution is -0.128. The zero-order chi connectivity index (χ0) is 18.6. The minimum Gasteiger partial charge on any atom is -0.352 e. The molecule has 2 atom stereocenters. The van der Waals surface area contributed by atoms with E-state index < -0.39 is 5.54 Å². The number of hydrogen-bond acceptors (Lipinski definition) is 3. The zero-order valence-corrected chi connectivity index (χ0v) is 17.0. The number of piperidine rings is 1. The predicted molar refractivity (Wildman–Crippen MR) is 110 cm³/mol. The maximum absolute atomic E-state index is 12.5. The first-order valence-corrected chi connectivity index (χ1v) is 9.92. The van der Waals surface area contributed by atoms with Crippen LogP contribution in [0.15, 0.2) is 24.3 Å². The fourth-order valence-corrected chi connectivity index (χ4v) is 4.15. The van der Waals surface area contributed by atoms with E-state index in [1.54, 1.807) is 0 Å². The van der Waals surface area contributed by atoms with E-state index in [9.17, 15) is 9.59 Å². The van der Waals surface area contributed by atoms with Crippen LogP contribution in [0.1, 0.15) is 67.8 Å². The molecule has 1 aromatic rings. The van der Waals surface area contributed by atoms with Crippen LogP contribution in [0.5, 0.6) is 0 Å². The number of halogens is 1. The molecule has 3 N–H and O–H groups in total. The summed E-state index contributed by atoms with van der Waals surface area (Å²) in [6.45, 7) is 4.17. The van der Waals surface area contributed by atoms with Gasteiger partial charge in [-0.25, -0.2) is 0 Å². The highest BCUT2D eigenvalue weighted by atomic mass is 35.5. The number of hydrogen-bond donors (Lipinski definition) is 2. The molecule has 150 valence electrons. The standard InChI is InChI=1S/C21H31N3O2.ClH/c1-21(22)12-4-3-7-18(21)19(25)23-15-16-8-10-17(11-9-16)20(26)24-13-5-2-6-14-24;/h8-11,18H,2-7,12-15,22H2,1H3,(H,23,25);1H. The van der Waals surface area contributed by atoms with Crippen molar-refractivity contribution in [2.24, 2.45) is 11.7 Å². The van der Waals surface area contributed by atoms with Crippen LogP contribution in [-0.2, 0) is 11.3 Å². The Labute approximate surface area is 168 Å². The lowest BCUT2D eigenvalue weighted by Crippen LogP contribution is -2.52. The highest BCUT2D eigenvalue weighted by molar-refractivity contribution is 5.94. The van der Waals surface area contributed by atoms with Gasteiger partial charge >= 0.3 is 0 Å². The van der Waals surface area contributed by atoms with Gasteiger partial charge in [-0.1, -0.05) is 25.0 Å². The summed E-state index contributed by atoms with van der Waals surface area (Å²) in [5, 5.41) is 3.02. The first kappa shape index (κ1) is 21.7. The maximum atomic E-state index is 12.5. The molecular weight excluding hydrogens is 362 g/mol. The Morgan fingerprint density at radius 2 is 1.78 bits per heavy atom. The minimum absolute atomic E-state index is 0. The predicted octanol–water partition coefficient (Wildman–Crippen LogP) is 3.26. The van der Waals surface area contributed by atoms with E-state index in [1.165, 1.54) is 6.42 Å². The minimum atomic E-state index is -0.410. The molecule has 1 aliphatic heterocycles. The lowest BCUT2D eigenvalue weighted by Gasteiger charge is -2.37. The number of amides is 2. The van der Waals surface area contributed by atoms with Crippen molar-refractivity contribution in [3.63, 3.8) is 0 Å². The Bertz CT molecular complexity index is 639. The van der Waals surface area contributed by atoms with Gasteiger partial charge < -0.3 is 16.0 Å². The molecule has 5 nitrogen and oxygen atoms in total. The van der Waals surface area contributed by atoms with Gasteiger partial charge in [0.25, 0.3) is 5.91 Å². The molecule has 0 radical (unpaired) electrons. The molecule has 1 aromatic carbocycles. The summed E-state index contributed by atoms with van der Waals surface area (Å²) in [7, 11) is 0. The molecule has 2 aliphatic rings. The number of nitrogens with one attached hydrogen (secondary N) is 1. The van der Waals surface area contributed by atoms with Crippen molar-refractivity contribution in [1.82, 2.24) is 10.2 Å². The Morgan fingerprint density at radius 3 is 2.41 bits per heavy atom. The van der Waals surface area contributed by atoms with Gasteiger partial charge in [0.05, 0.1) is 5.92 Å². The maximum Gasteiger partial charge on any atom is 0.253 e. The number of carbonyl (C=O) groups is 2. The second-order valence-electron chi connectivity index (χ2n) is 8.07. The molecular formula is C21H32ClN3O2. The molecule has 1 saturated heterocycles. The highest BCUT2D eigenvalue weighted by Crippen LogP contribution is 2.31. The van der Waals surface area contributed by atoms with Gasteiger partial charge in [-0.2, -0.15) is 0 Å². The molecule has 6 heteroatoms. The van der Waals surface area contributed by atoms with Crippen LogP contribution in [-0.4, -0.2) is 35.3 Å². The second-order valence-corrected chi connectivity index (χ2v) is 8.07. The van der Waals surface area contributed by atoms with Crippen LogP contribution in [0.25, 0.3) is 0 Å². The molecule has 27 heavy (non-hydrogen) atoms. The first-order chi connectivity index (χ1) is 12.5. The van der Waals surface area contributed by atoms with Gasteiger partial charge in [0.2, 0.25) is 5.91 Å². The summed E-state index contributed by atoms with van der Waals surface area (Å²) in [5.41, 5.74) is 7.63. The van der Waals surface area contributed by atoms with Gasteiger partial charge in [-0.05, 0) is 56.7 Å². The van der Waals surface area contributed by atoms with Crippen LogP contribution < -0.4 is 11.1 Å². The van der Waals surface area contributed by atoms with Crippen molar-refractivity contribution in [1.29, 1.82) is 0 Å².